The van der Waals surface area contributed by atoms with E-state index in [4.69, 9.17) is 10.2 Å². The van der Waals surface area contributed by atoms with Crippen LogP contribution in [0.1, 0.15) is 37.7 Å². The number of rotatable bonds is 6. The van der Waals surface area contributed by atoms with E-state index in [9.17, 15) is 14.4 Å². The van der Waals surface area contributed by atoms with Crippen LogP contribution in [0.4, 0.5) is 0 Å². The second-order valence-corrected chi connectivity index (χ2v) is 8.47. The standard InChI is InChI=1S/C18H27BrN2O.C4H4O4/c1-20(2)16-7-5-4-6-8-17(16)21(3)18(22)13-14-9-11-15(19)12-10-14;5-3(6)1-2-4(7)8/h9-12,16-17H,4-8,13H2,1-3H3;1-2H,(H,5,6)(H,7,8). The third-order valence-electron chi connectivity index (χ3n) is 5.14. The van der Waals surface area contributed by atoms with Crippen molar-refractivity contribution >= 4 is 33.8 Å². The maximum Gasteiger partial charge on any atom is 0.328 e. The highest BCUT2D eigenvalue weighted by molar-refractivity contribution is 9.10. The first kappa shape index (κ1) is 25.8. The summed E-state index contributed by atoms with van der Waals surface area (Å²) in [4.78, 5) is 36.1. The number of halogens is 1. The molecule has 1 amide bonds. The Morgan fingerprint density at radius 2 is 1.43 bits per heavy atom. The fourth-order valence-electron chi connectivity index (χ4n) is 3.55. The molecule has 0 saturated heterocycles. The number of benzene rings is 1. The van der Waals surface area contributed by atoms with Crippen LogP contribution in [0.25, 0.3) is 0 Å². The molecule has 1 aromatic carbocycles. The zero-order chi connectivity index (χ0) is 22.7. The van der Waals surface area contributed by atoms with Gasteiger partial charge in [-0.2, -0.15) is 0 Å². The highest BCUT2D eigenvalue weighted by Gasteiger charge is 2.30. The minimum absolute atomic E-state index is 0.223. The van der Waals surface area contributed by atoms with Crippen LogP contribution in [0, 0.1) is 0 Å². The van der Waals surface area contributed by atoms with E-state index in [-0.39, 0.29) is 5.91 Å². The molecular weight excluding hydrogens is 452 g/mol. The number of likely N-dealkylation sites (N-methyl/N-ethyl adjacent to an activating group) is 2. The van der Waals surface area contributed by atoms with Gasteiger partial charge in [0.25, 0.3) is 0 Å². The van der Waals surface area contributed by atoms with Crippen molar-refractivity contribution in [2.24, 2.45) is 0 Å². The monoisotopic (exact) mass is 482 g/mol. The van der Waals surface area contributed by atoms with E-state index in [1.807, 2.05) is 36.2 Å². The molecule has 2 atom stereocenters. The van der Waals surface area contributed by atoms with Crippen LogP contribution in [0.5, 0.6) is 0 Å². The predicted molar refractivity (Wildman–Crippen MR) is 119 cm³/mol. The highest BCUT2D eigenvalue weighted by Crippen LogP contribution is 2.25. The molecule has 0 aliphatic heterocycles. The van der Waals surface area contributed by atoms with Crippen molar-refractivity contribution in [3.05, 3.63) is 46.5 Å². The van der Waals surface area contributed by atoms with E-state index in [0.717, 1.165) is 16.5 Å². The van der Waals surface area contributed by atoms with Crippen LogP contribution >= 0.6 is 15.9 Å². The molecule has 1 aliphatic carbocycles. The van der Waals surface area contributed by atoms with Crippen molar-refractivity contribution in [2.75, 3.05) is 21.1 Å². The lowest BCUT2D eigenvalue weighted by molar-refractivity contribution is -0.134. The SMILES string of the molecule is CN(C)C1CCCCCC1N(C)C(=O)Cc1ccc(Br)cc1.O=C(O)C=CC(=O)O. The first-order chi connectivity index (χ1) is 14.1. The summed E-state index contributed by atoms with van der Waals surface area (Å²) < 4.78 is 1.05. The molecular formula is C22H31BrN2O5. The Bertz CT molecular complexity index is 718. The van der Waals surface area contributed by atoms with Crippen molar-refractivity contribution in [1.29, 1.82) is 0 Å². The lowest BCUT2D eigenvalue weighted by atomic mass is 9.99. The number of carboxylic acid groups (broad SMARTS) is 2. The first-order valence-corrected chi connectivity index (χ1v) is 10.7. The molecule has 2 unspecified atom stereocenters. The van der Waals surface area contributed by atoms with Crippen molar-refractivity contribution < 1.29 is 24.6 Å². The topological polar surface area (TPSA) is 98.2 Å². The van der Waals surface area contributed by atoms with Gasteiger partial charge in [-0.25, -0.2) is 9.59 Å². The number of nitrogens with zero attached hydrogens (tertiary/aromatic N) is 2. The molecule has 8 heteroatoms. The maximum absolute atomic E-state index is 12.7. The van der Waals surface area contributed by atoms with Gasteiger partial charge in [-0.3, -0.25) is 4.79 Å². The molecule has 0 spiro atoms. The van der Waals surface area contributed by atoms with Gasteiger partial charge in [0.05, 0.1) is 6.42 Å². The van der Waals surface area contributed by atoms with Gasteiger partial charge in [0, 0.05) is 35.8 Å². The summed E-state index contributed by atoms with van der Waals surface area (Å²) in [7, 11) is 6.25. The van der Waals surface area contributed by atoms with Crippen LogP contribution in [-0.4, -0.2) is 71.1 Å². The molecule has 0 aromatic heterocycles. The molecule has 166 valence electrons. The number of amides is 1. The van der Waals surface area contributed by atoms with Gasteiger partial charge in [-0.05, 0) is 44.6 Å². The fourth-order valence-corrected chi connectivity index (χ4v) is 3.82. The van der Waals surface area contributed by atoms with E-state index < -0.39 is 11.9 Å². The number of aliphatic carboxylic acids is 2. The Labute approximate surface area is 186 Å². The van der Waals surface area contributed by atoms with Gasteiger partial charge in [0.15, 0.2) is 0 Å². The maximum atomic E-state index is 12.7. The zero-order valence-corrected chi connectivity index (χ0v) is 19.3. The minimum atomic E-state index is -1.26. The Kier molecular flexibility index (Phi) is 11.4. The largest absolute Gasteiger partial charge is 0.478 e. The summed E-state index contributed by atoms with van der Waals surface area (Å²) >= 11 is 3.43. The van der Waals surface area contributed by atoms with Crippen LogP contribution in [-0.2, 0) is 20.8 Å². The van der Waals surface area contributed by atoms with Crippen molar-refractivity contribution in [1.82, 2.24) is 9.80 Å². The Hall–Kier alpha value is -2.19. The quantitative estimate of drug-likeness (QED) is 0.476. The number of carbonyl (C=O) groups excluding carboxylic acids is 1. The van der Waals surface area contributed by atoms with Crippen molar-refractivity contribution in [3.63, 3.8) is 0 Å². The molecule has 1 fully saturated rings. The average molecular weight is 483 g/mol. The molecule has 0 heterocycles. The Balaban J connectivity index is 0.000000479. The average Bonchev–Trinajstić information content (AvgIpc) is 2.94. The zero-order valence-electron chi connectivity index (χ0n) is 17.8. The van der Waals surface area contributed by atoms with E-state index in [0.29, 0.717) is 30.7 Å². The van der Waals surface area contributed by atoms with E-state index in [2.05, 4.69) is 34.9 Å². The Morgan fingerprint density at radius 3 is 1.90 bits per heavy atom. The third-order valence-corrected chi connectivity index (χ3v) is 5.66. The van der Waals surface area contributed by atoms with Crippen molar-refractivity contribution in [2.45, 2.75) is 50.6 Å². The summed E-state index contributed by atoms with van der Waals surface area (Å²) in [6.07, 6.45) is 7.69. The summed E-state index contributed by atoms with van der Waals surface area (Å²) in [5.74, 6) is -2.29. The number of carbonyl (C=O) groups is 3. The van der Waals surface area contributed by atoms with Gasteiger partial charge in [0.2, 0.25) is 5.91 Å². The second kappa shape index (κ2) is 13.2. The van der Waals surface area contributed by atoms with Gasteiger partial charge >= 0.3 is 11.9 Å². The van der Waals surface area contributed by atoms with E-state index >= 15 is 0 Å². The van der Waals surface area contributed by atoms with Gasteiger partial charge in [-0.1, -0.05) is 47.3 Å². The van der Waals surface area contributed by atoms with Crippen LogP contribution in [0.15, 0.2) is 40.9 Å². The molecule has 1 aromatic rings. The lowest BCUT2D eigenvalue weighted by Gasteiger charge is -2.37. The normalized spacial score (nSPS) is 19.0. The van der Waals surface area contributed by atoms with E-state index in [1.165, 1.54) is 25.7 Å². The smallest absolute Gasteiger partial charge is 0.328 e. The molecule has 30 heavy (non-hydrogen) atoms. The molecule has 2 rings (SSSR count). The summed E-state index contributed by atoms with van der Waals surface area (Å²) in [6, 6.07) is 8.84. The highest BCUT2D eigenvalue weighted by atomic mass is 79.9. The minimum Gasteiger partial charge on any atom is -0.478 e. The van der Waals surface area contributed by atoms with Gasteiger partial charge < -0.3 is 20.0 Å². The number of hydrogen-bond donors (Lipinski definition) is 2. The summed E-state index contributed by atoms with van der Waals surface area (Å²) in [5.41, 5.74) is 1.08. The molecule has 0 bridgehead atoms. The molecule has 1 aliphatic rings. The van der Waals surface area contributed by atoms with Gasteiger partial charge in [0.1, 0.15) is 0 Å². The fraction of sp³-hybridized carbons (Fsp3) is 0.500. The van der Waals surface area contributed by atoms with Gasteiger partial charge in [-0.15, -0.1) is 0 Å². The summed E-state index contributed by atoms with van der Waals surface area (Å²) in [5, 5.41) is 15.6. The third kappa shape index (κ3) is 9.54. The summed E-state index contributed by atoms with van der Waals surface area (Å²) in [6.45, 7) is 0. The van der Waals surface area contributed by atoms with Crippen LogP contribution < -0.4 is 0 Å². The molecule has 2 N–H and O–H groups in total. The molecule has 7 nitrogen and oxygen atoms in total. The van der Waals surface area contributed by atoms with Crippen LogP contribution in [0.2, 0.25) is 0 Å². The lowest BCUT2D eigenvalue weighted by Crippen LogP contribution is -2.50. The number of hydrogen-bond acceptors (Lipinski definition) is 4. The number of carboxylic acids is 2. The second-order valence-electron chi connectivity index (χ2n) is 7.55. The molecule has 1 saturated carbocycles. The van der Waals surface area contributed by atoms with Crippen molar-refractivity contribution in [3.8, 4) is 0 Å². The predicted octanol–water partition coefficient (Wildman–Crippen LogP) is 3.42. The van der Waals surface area contributed by atoms with E-state index in [1.54, 1.807) is 0 Å². The Morgan fingerprint density at radius 1 is 0.933 bits per heavy atom. The molecule has 0 radical (unpaired) electrons. The first-order valence-electron chi connectivity index (χ1n) is 9.92. The van der Waals surface area contributed by atoms with Crippen LogP contribution in [0.3, 0.4) is 0 Å².